The van der Waals surface area contributed by atoms with Gasteiger partial charge in [0.1, 0.15) is 0 Å². The first kappa shape index (κ1) is 23.0. The zero-order chi connectivity index (χ0) is 20.4. The fourth-order valence-electron chi connectivity index (χ4n) is 3.44. The third-order valence-corrected chi connectivity index (χ3v) is 6.31. The summed E-state index contributed by atoms with van der Waals surface area (Å²) in [6.45, 7) is 16.2. The summed E-state index contributed by atoms with van der Waals surface area (Å²) >= 11 is 1.90. The largest absolute Gasteiger partial charge is 0.357 e. The smallest absolute Gasteiger partial charge is 0.191 e. The van der Waals surface area contributed by atoms with Gasteiger partial charge in [-0.3, -0.25) is 9.89 Å². The van der Waals surface area contributed by atoms with Crippen molar-refractivity contribution in [1.29, 1.82) is 0 Å². The van der Waals surface area contributed by atoms with Crippen LogP contribution in [0.1, 0.15) is 27.7 Å². The summed E-state index contributed by atoms with van der Waals surface area (Å²) in [4.78, 5) is 11.3. The Bertz CT molecular complexity index is 570. The van der Waals surface area contributed by atoms with Crippen LogP contribution in [0, 0.1) is 5.92 Å². The van der Waals surface area contributed by atoms with Gasteiger partial charge >= 0.3 is 0 Å². The van der Waals surface area contributed by atoms with E-state index in [2.05, 4.69) is 85.5 Å². The van der Waals surface area contributed by atoms with Gasteiger partial charge in [-0.15, -0.1) is 11.8 Å². The van der Waals surface area contributed by atoms with Gasteiger partial charge in [0, 0.05) is 55.5 Å². The first-order chi connectivity index (χ1) is 13.5. The fraction of sp³-hybridized carbons (Fsp3) is 0.682. The summed E-state index contributed by atoms with van der Waals surface area (Å²) < 4.78 is 0. The molecule has 0 amide bonds. The van der Waals surface area contributed by atoms with E-state index in [4.69, 9.17) is 4.99 Å². The van der Waals surface area contributed by atoms with Crippen LogP contribution in [0.2, 0.25) is 0 Å². The molecule has 1 aromatic carbocycles. The molecular formula is C22H39N5S. The highest BCUT2D eigenvalue weighted by atomic mass is 32.2. The number of thioether (sulfide) groups is 1. The van der Waals surface area contributed by atoms with Gasteiger partial charge in [-0.2, -0.15) is 0 Å². The van der Waals surface area contributed by atoms with Gasteiger partial charge < -0.3 is 15.5 Å². The molecule has 5 nitrogen and oxygen atoms in total. The summed E-state index contributed by atoms with van der Waals surface area (Å²) in [7, 11) is 2.21. The molecule has 1 aliphatic heterocycles. The van der Waals surface area contributed by atoms with E-state index in [1.807, 2.05) is 11.8 Å². The molecule has 2 atom stereocenters. The molecule has 0 aliphatic carbocycles. The second kappa shape index (κ2) is 12.3. The van der Waals surface area contributed by atoms with E-state index in [0.29, 0.717) is 17.2 Å². The van der Waals surface area contributed by atoms with Crippen molar-refractivity contribution in [1.82, 2.24) is 20.4 Å². The van der Waals surface area contributed by atoms with Crippen LogP contribution in [0.5, 0.6) is 0 Å². The van der Waals surface area contributed by atoms with Crippen molar-refractivity contribution in [3.05, 3.63) is 30.3 Å². The molecular weight excluding hydrogens is 366 g/mol. The number of likely N-dealkylation sites (N-methyl/N-ethyl adjacent to an activating group) is 1. The third-order valence-electron chi connectivity index (χ3n) is 5.19. The van der Waals surface area contributed by atoms with Gasteiger partial charge in [-0.25, -0.2) is 0 Å². The van der Waals surface area contributed by atoms with E-state index >= 15 is 0 Å². The Hall–Kier alpha value is -1.24. The summed E-state index contributed by atoms with van der Waals surface area (Å²) in [5.74, 6) is 1.53. The lowest BCUT2D eigenvalue weighted by Gasteiger charge is -2.39. The van der Waals surface area contributed by atoms with Gasteiger partial charge in [-0.05, 0) is 32.0 Å². The lowest BCUT2D eigenvalue weighted by atomic mass is 10.0. The van der Waals surface area contributed by atoms with Gasteiger partial charge in [0.25, 0.3) is 0 Å². The molecule has 0 bridgehead atoms. The van der Waals surface area contributed by atoms with E-state index in [0.717, 1.165) is 51.8 Å². The SMILES string of the molecule is CCNC(=NCC(C(C)C)N1CCN(C)CC1)NCC(C)Sc1ccccc1. The maximum atomic E-state index is 4.94. The standard InChI is InChI=1S/C22H39N5S/c1-6-23-22(24-16-19(4)28-20-10-8-7-9-11-20)25-17-21(18(2)3)27-14-12-26(5)13-15-27/h7-11,18-19,21H,6,12-17H2,1-5H3,(H2,23,24,25). The number of aliphatic imine (C=N–C) groups is 1. The summed E-state index contributed by atoms with van der Waals surface area (Å²) in [6, 6.07) is 11.1. The highest BCUT2D eigenvalue weighted by Gasteiger charge is 2.24. The molecule has 0 spiro atoms. The minimum absolute atomic E-state index is 0.477. The Morgan fingerprint density at radius 3 is 2.36 bits per heavy atom. The molecule has 6 heteroatoms. The lowest BCUT2D eigenvalue weighted by molar-refractivity contribution is 0.0925. The Kier molecular flexibility index (Phi) is 10.2. The van der Waals surface area contributed by atoms with E-state index in [1.54, 1.807) is 0 Å². The molecule has 1 heterocycles. The molecule has 2 unspecified atom stereocenters. The Labute approximate surface area is 176 Å². The minimum atomic E-state index is 0.477. The summed E-state index contributed by atoms with van der Waals surface area (Å²) in [5, 5.41) is 7.42. The molecule has 1 fully saturated rings. The monoisotopic (exact) mass is 405 g/mol. The molecule has 158 valence electrons. The number of benzene rings is 1. The first-order valence-electron chi connectivity index (χ1n) is 10.7. The predicted molar refractivity (Wildman–Crippen MR) is 123 cm³/mol. The van der Waals surface area contributed by atoms with Crippen molar-refractivity contribution in [3.63, 3.8) is 0 Å². The quantitative estimate of drug-likeness (QED) is 0.376. The van der Waals surface area contributed by atoms with Crippen LogP contribution in [0.15, 0.2) is 40.2 Å². The number of piperazine rings is 1. The Morgan fingerprint density at radius 1 is 1.07 bits per heavy atom. The lowest BCUT2D eigenvalue weighted by Crippen LogP contribution is -2.52. The normalized spacial score (nSPS) is 18.9. The number of rotatable bonds is 9. The first-order valence-corrected chi connectivity index (χ1v) is 11.5. The molecule has 2 rings (SSSR count). The average molecular weight is 406 g/mol. The van der Waals surface area contributed by atoms with Gasteiger partial charge in [-0.1, -0.05) is 39.0 Å². The van der Waals surface area contributed by atoms with Gasteiger partial charge in [0.05, 0.1) is 6.54 Å². The summed E-state index contributed by atoms with van der Waals surface area (Å²) in [6.07, 6.45) is 0. The van der Waals surface area contributed by atoms with Crippen molar-refractivity contribution >= 4 is 17.7 Å². The van der Waals surface area contributed by atoms with Crippen LogP contribution in [0.3, 0.4) is 0 Å². The molecule has 1 saturated heterocycles. The topological polar surface area (TPSA) is 42.9 Å². The number of guanidine groups is 1. The second-order valence-corrected chi connectivity index (χ2v) is 9.50. The molecule has 2 N–H and O–H groups in total. The van der Waals surface area contributed by atoms with Crippen LogP contribution < -0.4 is 10.6 Å². The molecule has 28 heavy (non-hydrogen) atoms. The Balaban J connectivity index is 1.88. The van der Waals surface area contributed by atoms with E-state index in [-0.39, 0.29) is 0 Å². The number of hydrogen-bond acceptors (Lipinski definition) is 4. The van der Waals surface area contributed by atoms with Crippen LogP contribution in [-0.2, 0) is 0 Å². The zero-order valence-electron chi connectivity index (χ0n) is 18.3. The van der Waals surface area contributed by atoms with Gasteiger partial charge in [0.2, 0.25) is 0 Å². The van der Waals surface area contributed by atoms with Crippen LogP contribution in [-0.4, -0.2) is 79.9 Å². The molecule has 0 aromatic heterocycles. The molecule has 1 aliphatic rings. The fourth-order valence-corrected chi connectivity index (χ4v) is 4.39. The number of nitrogens with zero attached hydrogens (tertiary/aromatic N) is 3. The van der Waals surface area contributed by atoms with Crippen LogP contribution in [0.25, 0.3) is 0 Å². The Morgan fingerprint density at radius 2 is 1.75 bits per heavy atom. The highest BCUT2D eigenvalue weighted by molar-refractivity contribution is 8.00. The second-order valence-electron chi connectivity index (χ2n) is 7.99. The van der Waals surface area contributed by atoms with E-state index in [1.165, 1.54) is 4.90 Å². The predicted octanol–water partition coefficient (Wildman–Crippen LogP) is 2.99. The zero-order valence-corrected chi connectivity index (χ0v) is 19.1. The van der Waals surface area contributed by atoms with Crippen molar-refractivity contribution < 1.29 is 0 Å². The number of nitrogens with one attached hydrogen (secondary N) is 2. The van der Waals surface area contributed by atoms with Crippen molar-refractivity contribution in [2.24, 2.45) is 10.9 Å². The molecule has 0 saturated carbocycles. The van der Waals surface area contributed by atoms with E-state index < -0.39 is 0 Å². The van der Waals surface area contributed by atoms with Gasteiger partial charge in [0.15, 0.2) is 5.96 Å². The maximum absolute atomic E-state index is 4.94. The molecule has 0 radical (unpaired) electrons. The average Bonchev–Trinajstić information content (AvgIpc) is 2.68. The third kappa shape index (κ3) is 8.02. The van der Waals surface area contributed by atoms with E-state index in [9.17, 15) is 0 Å². The van der Waals surface area contributed by atoms with Crippen LogP contribution in [0.4, 0.5) is 0 Å². The van der Waals surface area contributed by atoms with Crippen LogP contribution >= 0.6 is 11.8 Å². The maximum Gasteiger partial charge on any atom is 0.191 e. The minimum Gasteiger partial charge on any atom is -0.357 e. The highest BCUT2D eigenvalue weighted by Crippen LogP contribution is 2.22. The van der Waals surface area contributed by atoms with Crippen molar-refractivity contribution in [2.45, 2.75) is 43.9 Å². The molecule has 1 aromatic rings. The van der Waals surface area contributed by atoms with Crippen molar-refractivity contribution in [2.75, 3.05) is 52.9 Å². The number of hydrogen-bond donors (Lipinski definition) is 2. The summed E-state index contributed by atoms with van der Waals surface area (Å²) in [5.41, 5.74) is 0. The van der Waals surface area contributed by atoms with Crippen molar-refractivity contribution in [3.8, 4) is 0 Å².